The third-order valence-corrected chi connectivity index (χ3v) is 3.01. The van der Waals surface area contributed by atoms with Crippen LogP contribution in [0.15, 0.2) is 18.0 Å². The van der Waals surface area contributed by atoms with Crippen molar-refractivity contribution in [3.05, 3.63) is 23.5 Å². The van der Waals surface area contributed by atoms with E-state index in [1.807, 2.05) is 0 Å². The molecule has 1 aromatic heterocycles. The van der Waals surface area contributed by atoms with Gasteiger partial charge in [-0.25, -0.2) is 14.4 Å². The van der Waals surface area contributed by atoms with Crippen LogP contribution in [0.25, 0.3) is 6.08 Å². The van der Waals surface area contributed by atoms with Crippen LogP contribution < -0.4 is 4.90 Å². The second kappa shape index (κ2) is 9.14. The molecule has 0 aliphatic rings. The predicted octanol–water partition coefficient (Wildman–Crippen LogP) is 3.53. The second-order valence-corrected chi connectivity index (χ2v) is 7.94. The van der Waals surface area contributed by atoms with Crippen molar-refractivity contribution in [1.82, 2.24) is 10.2 Å². The maximum Gasteiger partial charge on any atom is 0.424 e. The molecule has 1 N–H and O–H groups in total. The van der Waals surface area contributed by atoms with Crippen molar-refractivity contribution in [1.29, 1.82) is 5.26 Å². The summed E-state index contributed by atoms with van der Waals surface area (Å²) in [4.78, 5) is 37.5. The van der Waals surface area contributed by atoms with Gasteiger partial charge in [0.15, 0.2) is 0 Å². The van der Waals surface area contributed by atoms with E-state index >= 15 is 0 Å². The average molecular weight is 404 g/mol. The minimum Gasteiger partial charge on any atom is -0.478 e. The van der Waals surface area contributed by atoms with Crippen molar-refractivity contribution >= 4 is 29.9 Å². The Morgan fingerprint density at radius 3 is 1.97 bits per heavy atom. The maximum absolute atomic E-state index is 12.7. The fraction of sp³-hybridized carbons (Fsp3) is 0.474. The lowest BCUT2D eigenvalue weighted by Crippen LogP contribution is -2.44. The standard InChI is InChI=1S/C19H24N4O6/c1-18(2,3)28-16(26)23(17(27)29-19(4,5)6)14-11-22-21-10-13(14)9-12(7-8-20)15(24)25/h9-11H,7H2,1-6H3,(H,24,25)/b12-9+. The first kappa shape index (κ1) is 23.6. The molecule has 0 aliphatic carbocycles. The number of aromatic nitrogens is 2. The number of carboxylic acids is 1. The van der Waals surface area contributed by atoms with Crippen molar-refractivity contribution in [2.45, 2.75) is 59.2 Å². The van der Waals surface area contributed by atoms with Crippen molar-refractivity contribution in [2.24, 2.45) is 0 Å². The Morgan fingerprint density at radius 2 is 1.55 bits per heavy atom. The minimum absolute atomic E-state index is 0.0735. The molecule has 0 unspecified atom stereocenters. The molecule has 156 valence electrons. The molecule has 0 bridgehead atoms. The molecule has 10 nitrogen and oxygen atoms in total. The highest BCUT2D eigenvalue weighted by molar-refractivity contribution is 6.11. The Morgan fingerprint density at radius 1 is 1.07 bits per heavy atom. The second-order valence-electron chi connectivity index (χ2n) is 7.94. The molecule has 29 heavy (non-hydrogen) atoms. The Balaban J connectivity index is 3.56. The van der Waals surface area contributed by atoms with Crippen LogP contribution in [0.1, 0.15) is 53.5 Å². The molecule has 0 spiro atoms. The van der Waals surface area contributed by atoms with E-state index in [0.29, 0.717) is 4.90 Å². The van der Waals surface area contributed by atoms with Gasteiger partial charge in [-0.1, -0.05) is 0 Å². The lowest BCUT2D eigenvalue weighted by Gasteiger charge is -2.29. The summed E-state index contributed by atoms with van der Waals surface area (Å²) in [5.41, 5.74) is -2.11. The first-order valence-corrected chi connectivity index (χ1v) is 8.63. The summed E-state index contributed by atoms with van der Waals surface area (Å²) in [7, 11) is 0. The van der Waals surface area contributed by atoms with Gasteiger partial charge < -0.3 is 14.6 Å². The molecule has 2 amide bonds. The van der Waals surface area contributed by atoms with Crippen LogP contribution >= 0.6 is 0 Å². The predicted molar refractivity (Wildman–Crippen MR) is 103 cm³/mol. The Bertz CT molecular complexity index is 831. The van der Waals surface area contributed by atoms with Gasteiger partial charge in [0.25, 0.3) is 0 Å². The van der Waals surface area contributed by atoms with Gasteiger partial charge in [-0.3, -0.25) is 0 Å². The van der Waals surface area contributed by atoms with E-state index in [0.717, 1.165) is 18.5 Å². The van der Waals surface area contributed by atoms with Crippen LogP contribution in [0.5, 0.6) is 0 Å². The number of hydrogen-bond donors (Lipinski definition) is 1. The smallest absolute Gasteiger partial charge is 0.424 e. The summed E-state index contributed by atoms with van der Waals surface area (Å²) < 4.78 is 10.6. The lowest BCUT2D eigenvalue weighted by molar-refractivity contribution is -0.132. The van der Waals surface area contributed by atoms with Crippen LogP contribution in [0, 0.1) is 11.3 Å². The number of carbonyl (C=O) groups is 3. The maximum atomic E-state index is 12.7. The van der Waals surface area contributed by atoms with Gasteiger partial charge in [0.2, 0.25) is 0 Å². The van der Waals surface area contributed by atoms with Crippen molar-refractivity contribution in [3.8, 4) is 6.07 Å². The third-order valence-electron chi connectivity index (χ3n) is 3.01. The minimum atomic E-state index is -1.32. The third kappa shape index (κ3) is 7.57. The Labute approximate surface area is 168 Å². The SMILES string of the molecule is CC(C)(C)OC(=O)N(C(=O)OC(C)(C)C)c1cnncc1/C=C(\CC#N)C(=O)O. The number of carboxylic acid groups (broad SMARTS) is 1. The van der Waals surface area contributed by atoms with Crippen LogP contribution in [0.2, 0.25) is 0 Å². The largest absolute Gasteiger partial charge is 0.478 e. The summed E-state index contributed by atoms with van der Waals surface area (Å²) in [5.74, 6) is -1.32. The van der Waals surface area contributed by atoms with Crippen molar-refractivity contribution in [2.75, 3.05) is 4.90 Å². The van der Waals surface area contributed by atoms with Gasteiger partial charge >= 0.3 is 18.2 Å². The molecule has 1 aromatic rings. The summed E-state index contributed by atoms with van der Waals surface area (Å²) in [6.07, 6.45) is 0.939. The van der Waals surface area contributed by atoms with Crippen molar-refractivity contribution < 1.29 is 29.0 Å². The summed E-state index contributed by atoms with van der Waals surface area (Å²) in [6, 6.07) is 1.74. The number of hydrogen-bond acceptors (Lipinski definition) is 8. The fourth-order valence-corrected chi connectivity index (χ4v) is 1.97. The molecule has 0 aliphatic heterocycles. The Kier molecular flexibility index (Phi) is 7.43. The highest BCUT2D eigenvalue weighted by Gasteiger charge is 2.34. The Hall–Kier alpha value is -3.48. The van der Waals surface area contributed by atoms with Crippen LogP contribution in [0.3, 0.4) is 0 Å². The van der Waals surface area contributed by atoms with Crippen molar-refractivity contribution in [3.63, 3.8) is 0 Å². The van der Waals surface area contributed by atoms with Gasteiger partial charge in [-0.05, 0) is 47.6 Å². The lowest BCUT2D eigenvalue weighted by atomic mass is 10.1. The number of ether oxygens (including phenoxy) is 2. The highest BCUT2D eigenvalue weighted by Crippen LogP contribution is 2.26. The summed E-state index contributed by atoms with van der Waals surface area (Å²) >= 11 is 0. The van der Waals surface area contributed by atoms with E-state index in [4.69, 9.17) is 14.7 Å². The van der Waals surface area contributed by atoms with Gasteiger partial charge in [0.1, 0.15) is 11.2 Å². The zero-order valence-corrected chi connectivity index (χ0v) is 17.2. The van der Waals surface area contributed by atoms with E-state index in [-0.39, 0.29) is 16.8 Å². The number of rotatable bonds is 4. The first-order chi connectivity index (χ1) is 13.2. The van der Waals surface area contributed by atoms with E-state index in [2.05, 4.69) is 10.2 Å². The van der Waals surface area contributed by atoms with E-state index in [1.165, 1.54) is 0 Å². The van der Waals surface area contributed by atoms with E-state index in [9.17, 15) is 19.5 Å². The van der Waals surface area contributed by atoms with Crippen LogP contribution in [-0.4, -0.2) is 44.7 Å². The zero-order valence-electron chi connectivity index (χ0n) is 17.2. The van der Waals surface area contributed by atoms with E-state index in [1.54, 1.807) is 47.6 Å². The topological polar surface area (TPSA) is 143 Å². The number of nitrogens with zero attached hydrogens (tertiary/aromatic N) is 4. The molecule has 0 saturated carbocycles. The molecule has 1 heterocycles. The van der Waals surface area contributed by atoms with Gasteiger partial charge in [0.05, 0.1) is 36.1 Å². The molecule has 10 heteroatoms. The number of imide groups is 1. The molecule has 0 aromatic carbocycles. The molecule has 1 rings (SSSR count). The number of carbonyl (C=O) groups excluding carboxylic acids is 2. The molecule has 0 fully saturated rings. The summed E-state index contributed by atoms with van der Waals surface area (Å²) in [6.45, 7) is 9.75. The normalized spacial score (nSPS) is 12.0. The van der Waals surface area contributed by atoms with Gasteiger partial charge in [0, 0.05) is 5.56 Å². The number of nitriles is 1. The number of aliphatic carboxylic acids is 1. The van der Waals surface area contributed by atoms with Crippen LogP contribution in [-0.2, 0) is 14.3 Å². The molecular formula is C19H24N4O6. The molecule has 0 radical (unpaired) electrons. The van der Waals surface area contributed by atoms with Crippen LogP contribution in [0.4, 0.5) is 15.3 Å². The average Bonchev–Trinajstić information content (AvgIpc) is 2.52. The molecule has 0 saturated heterocycles. The number of anilines is 1. The highest BCUT2D eigenvalue weighted by atomic mass is 16.6. The summed E-state index contributed by atoms with van der Waals surface area (Å²) in [5, 5.41) is 25.4. The molecular weight excluding hydrogens is 380 g/mol. The first-order valence-electron chi connectivity index (χ1n) is 8.63. The van der Waals surface area contributed by atoms with E-state index < -0.39 is 35.8 Å². The number of amides is 2. The monoisotopic (exact) mass is 404 g/mol. The van der Waals surface area contributed by atoms with Gasteiger partial charge in [-0.15, -0.1) is 0 Å². The quantitative estimate of drug-likeness (QED) is 0.745. The fourth-order valence-electron chi connectivity index (χ4n) is 1.97. The van der Waals surface area contributed by atoms with Gasteiger partial charge in [-0.2, -0.15) is 20.4 Å². The molecule has 0 atom stereocenters. The zero-order chi connectivity index (χ0) is 22.4.